The number of carbonyl (C=O) groups is 1. The van der Waals surface area contributed by atoms with Gasteiger partial charge in [0.25, 0.3) is 0 Å². The summed E-state index contributed by atoms with van der Waals surface area (Å²) in [7, 11) is 0. The van der Waals surface area contributed by atoms with Gasteiger partial charge in [0.2, 0.25) is 0 Å². The Morgan fingerprint density at radius 3 is 2.75 bits per heavy atom. The van der Waals surface area contributed by atoms with Crippen molar-refractivity contribution in [2.24, 2.45) is 0 Å². The van der Waals surface area contributed by atoms with E-state index in [1.807, 2.05) is 0 Å². The van der Waals surface area contributed by atoms with Gasteiger partial charge in [-0.2, -0.15) is 0 Å². The maximum absolute atomic E-state index is 12.9. The molecule has 0 saturated carbocycles. The van der Waals surface area contributed by atoms with Gasteiger partial charge < -0.3 is 15.2 Å². The molecule has 0 aliphatic carbocycles. The number of ether oxygens (including phenoxy) is 1. The molecule has 0 bridgehead atoms. The first-order valence-corrected chi connectivity index (χ1v) is 6.11. The molecule has 20 heavy (non-hydrogen) atoms. The first-order chi connectivity index (χ1) is 9.65. The molecule has 104 valence electrons. The molecule has 2 aromatic rings. The molecule has 0 saturated heterocycles. The van der Waals surface area contributed by atoms with Crippen molar-refractivity contribution in [2.75, 3.05) is 18.5 Å². The minimum Gasteiger partial charge on any atom is -0.492 e. The molecule has 4 nitrogen and oxygen atoms in total. The van der Waals surface area contributed by atoms with Gasteiger partial charge in [-0.3, -0.25) is 0 Å². The summed E-state index contributed by atoms with van der Waals surface area (Å²) in [5.74, 6) is -0.802. The number of halogens is 1. The van der Waals surface area contributed by atoms with E-state index in [4.69, 9.17) is 9.84 Å². The zero-order valence-corrected chi connectivity index (χ0v) is 10.7. The topological polar surface area (TPSA) is 58.6 Å². The maximum Gasteiger partial charge on any atom is 0.335 e. The fourth-order valence-corrected chi connectivity index (χ4v) is 1.68. The van der Waals surface area contributed by atoms with Crippen molar-refractivity contribution >= 4 is 11.7 Å². The van der Waals surface area contributed by atoms with Crippen LogP contribution in [0.1, 0.15) is 10.4 Å². The van der Waals surface area contributed by atoms with Crippen molar-refractivity contribution in [1.29, 1.82) is 0 Å². The monoisotopic (exact) mass is 275 g/mol. The molecule has 2 rings (SSSR count). The van der Waals surface area contributed by atoms with Crippen LogP contribution in [0, 0.1) is 5.82 Å². The molecule has 0 atom stereocenters. The third kappa shape index (κ3) is 3.98. The highest BCUT2D eigenvalue weighted by molar-refractivity contribution is 5.87. The predicted octanol–water partition coefficient (Wildman–Crippen LogP) is 3.01. The zero-order valence-electron chi connectivity index (χ0n) is 10.7. The highest BCUT2D eigenvalue weighted by Gasteiger charge is 2.03. The van der Waals surface area contributed by atoms with E-state index in [0.29, 0.717) is 24.6 Å². The Bertz CT molecular complexity index is 601. The molecule has 0 aromatic heterocycles. The number of benzene rings is 2. The van der Waals surface area contributed by atoms with Crippen LogP contribution in [-0.2, 0) is 0 Å². The van der Waals surface area contributed by atoms with Crippen LogP contribution in [0.3, 0.4) is 0 Å². The van der Waals surface area contributed by atoms with Gasteiger partial charge >= 0.3 is 5.97 Å². The van der Waals surface area contributed by atoms with Crippen molar-refractivity contribution < 1.29 is 19.0 Å². The Balaban J connectivity index is 1.81. The second-order valence-corrected chi connectivity index (χ2v) is 4.12. The third-order valence-electron chi connectivity index (χ3n) is 2.61. The van der Waals surface area contributed by atoms with E-state index in [1.165, 1.54) is 24.3 Å². The molecule has 0 fully saturated rings. The zero-order chi connectivity index (χ0) is 14.4. The van der Waals surface area contributed by atoms with Gasteiger partial charge in [-0.05, 0) is 36.4 Å². The summed E-state index contributed by atoms with van der Waals surface area (Å²) in [5, 5.41) is 11.9. The lowest BCUT2D eigenvalue weighted by Crippen LogP contribution is -2.11. The van der Waals surface area contributed by atoms with Crippen LogP contribution in [0.5, 0.6) is 5.75 Å². The van der Waals surface area contributed by atoms with E-state index >= 15 is 0 Å². The largest absolute Gasteiger partial charge is 0.492 e. The molecule has 0 unspecified atom stereocenters. The standard InChI is InChI=1S/C15H14FNO3/c16-12-4-2-5-13(10-12)17-7-8-20-14-6-1-3-11(9-14)15(18)19/h1-6,9-10,17H,7-8H2,(H,18,19). The number of nitrogens with one attached hydrogen (secondary N) is 1. The van der Waals surface area contributed by atoms with Gasteiger partial charge in [0.1, 0.15) is 18.2 Å². The average Bonchev–Trinajstić information content (AvgIpc) is 2.44. The summed E-state index contributed by atoms with van der Waals surface area (Å²) >= 11 is 0. The molecule has 2 aromatic carbocycles. The summed E-state index contributed by atoms with van der Waals surface area (Å²) in [4.78, 5) is 10.8. The van der Waals surface area contributed by atoms with Crippen molar-refractivity contribution in [3.63, 3.8) is 0 Å². The number of hydrogen-bond donors (Lipinski definition) is 2. The average molecular weight is 275 g/mol. The molecule has 0 aliphatic heterocycles. The van der Waals surface area contributed by atoms with Crippen LogP contribution in [0.15, 0.2) is 48.5 Å². The number of rotatable bonds is 6. The molecular formula is C15H14FNO3. The van der Waals surface area contributed by atoms with Crippen LogP contribution in [-0.4, -0.2) is 24.2 Å². The van der Waals surface area contributed by atoms with Crippen LogP contribution in [0.4, 0.5) is 10.1 Å². The number of carboxylic acid groups (broad SMARTS) is 1. The maximum atomic E-state index is 12.9. The van der Waals surface area contributed by atoms with E-state index in [0.717, 1.165) is 0 Å². The van der Waals surface area contributed by atoms with E-state index in [-0.39, 0.29) is 11.4 Å². The lowest BCUT2D eigenvalue weighted by Gasteiger charge is -2.09. The van der Waals surface area contributed by atoms with Crippen LogP contribution in [0.25, 0.3) is 0 Å². The number of carboxylic acids is 1. The summed E-state index contributed by atoms with van der Waals surface area (Å²) in [6, 6.07) is 12.4. The lowest BCUT2D eigenvalue weighted by atomic mass is 10.2. The van der Waals surface area contributed by atoms with E-state index < -0.39 is 5.97 Å². The minimum atomic E-state index is -0.992. The molecule has 0 amide bonds. The lowest BCUT2D eigenvalue weighted by molar-refractivity contribution is 0.0696. The smallest absolute Gasteiger partial charge is 0.335 e. The van der Waals surface area contributed by atoms with Gasteiger partial charge in [0, 0.05) is 12.2 Å². The van der Waals surface area contributed by atoms with Crippen LogP contribution in [0.2, 0.25) is 0 Å². The highest BCUT2D eigenvalue weighted by atomic mass is 19.1. The van der Waals surface area contributed by atoms with E-state index in [2.05, 4.69) is 5.32 Å². The Kier molecular flexibility index (Phi) is 4.55. The molecule has 0 spiro atoms. The second kappa shape index (κ2) is 6.56. The Hall–Kier alpha value is -2.56. The van der Waals surface area contributed by atoms with E-state index in [1.54, 1.807) is 24.3 Å². The third-order valence-corrected chi connectivity index (χ3v) is 2.61. The summed E-state index contributed by atoms with van der Waals surface area (Å²) < 4.78 is 18.4. The molecule has 5 heteroatoms. The Morgan fingerprint density at radius 2 is 2.00 bits per heavy atom. The summed E-state index contributed by atoms with van der Waals surface area (Å²) in [6.07, 6.45) is 0. The summed E-state index contributed by atoms with van der Waals surface area (Å²) in [5.41, 5.74) is 0.855. The highest BCUT2D eigenvalue weighted by Crippen LogP contribution is 2.13. The molecule has 0 aliphatic rings. The van der Waals surface area contributed by atoms with E-state index in [9.17, 15) is 9.18 Å². The van der Waals surface area contributed by atoms with Crippen molar-refractivity contribution in [3.8, 4) is 5.75 Å². The van der Waals surface area contributed by atoms with Gasteiger partial charge in [-0.1, -0.05) is 12.1 Å². The molecule has 2 N–H and O–H groups in total. The van der Waals surface area contributed by atoms with Gasteiger partial charge in [0.05, 0.1) is 5.56 Å². The van der Waals surface area contributed by atoms with Gasteiger partial charge in [-0.15, -0.1) is 0 Å². The summed E-state index contributed by atoms with van der Waals surface area (Å²) in [6.45, 7) is 0.834. The number of aromatic carboxylic acids is 1. The van der Waals surface area contributed by atoms with Crippen molar-refractivity contribution in [2.45, 2.75) is 0 Å². The minimum absolute atomic E-state index is 0.181. The van der Waals surface area contributed by atoms with Crippen molar-refractivity contribution in [1.82, 2.24) is 0 Å². The second-order valence-electron chi connectivity index (χ2n) is 4.12. The SMILES string of the molecule is O=C(O)c1cccc(OCCNc2cccc(F)c2)c1. The van der Waals surface area contributed by atoms with Crippen molar-refractivity contribution in [3.05, 3.63) is 59.9 Å². The number of hydrogen-bond acceptors (Lipinski definition) is 3. The number of anilines is 1. The first-order valence-electron chi connectivity index (χ1n) is 6.11. The molecule has 0 radical (unpaired) electrons. The molecular weight excluding hydrogens is 261 g/mol. The van der Waals surface area contributed by atoms with Crippen LogP contribution >= 0.6 is 0 Å². The molecule has 0 heterocycles. The Morgan fingerprint density at radius 1 is 1.20 bits per heavy atom. The predicted molar refractivity (Wildman–Crippen MR) is 73.8 cm³/mol. The quantitative estimate of drug-likeness (QED) is 0.796. The van der Waals surface area contributed by atoms with Gasteiger partial charge in [0.15, 0.2) is 0 Å². The first kappa shape index (κ1) is 13.9. The fraction of sp³-hybridized carbons (Fsp3) is 0.133. The van der Waals surface area contributed by atoms with Gasteiger partial charge in [-0.25, -0.2) is 9.18 Å². The normalized spacial score (nSPS) is 10.1. The van der Waals surface area contributed by atoms with Crippen LogP contribution < -0.4 is 10.1 Å². The Labute approximate surface area is 115 Å². The fourth-order valence-electron chi connectivity index (χ4n) is 1.68.